The summed E-state index contributed by atoms with van der Waals surface area (Å²) in [6, 6.07) is 4.01. The van der Waals surface area contributed by atoms with Crippen molar-refractivity contribution in [3.63, 3.8) is 0 Å². The van der Waals surface area contributed by atoms with Gasteiger partial charge in [-0.1, -0.05) is 0 Å². The van der Waals surface area contributed by atoms with E-state index in [0.29, 0.717) is 0 Å². The Hall–Kier alpha value is -1.84. The number of nitrogens with zero attached hydrogens (tertiary/aromatic N) is 3. The molecule has 0 aliphatic rings. The molecule has 2 heterocycles. The molecule has 0 unspecified atom stereocenters. The SMILES string of the molecule is Cc1cc(NCCn2ccnc2)ccn1. The molecule has 0 aromatic carbocycles. The molecule has 2 rings (SSSR count). The van der Waals surface area contributed by atoms with Gasteiger partial charge in [0.1, 0.15) is 0 Å². The van der Waals surface area contributed by atoms with E-state index in [1.807, 2.05) is 42.3 Å². The smallest absolute Gasteiger partial charge is 0.0946 e. The minimum Gasteiger partial charge on any atom is -0.383 e. The highest BCUT2D eigenvalue weighted by molar-refractivity contribution is 5.42. The maximum absolute atomic E-state index is 4.14. The zero-order valence-electron chi connectivity index (χ0n) is 8.72. The molecule has 78 valence electrons. The molecule has 0 amide bonds. The lowest BCUT2D eigenvalue weighted by molar-refractivity contribution is 0.727. The average molecular weight is 202 g/mol. The van der Waals surface area contributed by atoms with E-state index in [9.17, 15) is 0 Å². The van der Waals surface area contributed by atoms with Gasteiger partial charge in [-0.2, -0.15) is 0 Å². The summed E-state index contributed by atoms with van der Waals surface area (Å²) in [5.74, 6) is 0. The van der Waals surface area contributed by atoms with Crippen LogP contribution in [0.1, 0.15) is 5.69 Å². The molecule has 15 heavy (non-hydrogen) atoms. The maximum Gasteiger partial charge on any atom is 0.0946 e. The minimum absolute atomic E-state index is 0.889. The number of anilines is 1. The largest absolute Gasteiger partial charge is 0.383 e. The predicted octanol–water partition coefficient (Wildman–Crippen LogP) is 1.70. The third-order valence-corrected chi connectivity index (χ3v) is 2.15. The van der Waals surface area contributed by atoms with Gasteiger partial charge < -0.3 is 9.88 Å². The number of aromatic nitrogens is 3. The monoisotopic (exact) mass is 202 g/mol. The van der Waals surface area contributed by atoms with E-state index < -0.39 is 0 Å². The first kappa shape index (κ1) is 9.71. The van der Waals surface area contributed by atoms with Crippen LogP contribution < -0.4 is 5.32 Å². The van der Waals surface area contributed by atoms with Crippen molar-refractivity contribution in [2.24, 2.45) is 0 Å². The van der Waals surface area contributed by atoms with Crippen LogP contribution in [0.5, 0.6) is 0 Å². The van der Waals surface area contributed by atoms with Crippen molar-refractivity contribution in [1.82, 2.24) is 14.5 Å². The second kappa shape index (κ2) is 4.59. The molecule has 4 nitrogen and oxygen atoms in total. The minimum atomic E-state index is 0.889. The van der Waals surface area contributed by atoms with Gasteiger partial charge in [0.15, 0.2) is 0 Å². The summed E-state index contributed by atoms with van der Waals surface area (Å²) in [6.45, 7) is 3.79. The Morgan fingerprint density at radius 2 is 2.33 bits per heavy atom. The van der Waals surface area contributed by atoms with Gasteiger partial charge in [0.2, 0.25) is 0 Å². The average Bonchev–Trinajstić information content (AvgIpc) is 2.71. The molecule has 2 aromatic heterocycles. The molecule has 0 fully saturated rings. The van der Waals surface area contributed by atoms with E-state index in [0.717, 1.165) is 24.5 Å². The van der Waals surface area contributed by atoms with E-state index in [2.05, 4.69) is 15.3 Å². The summed E-state index contributed by atoms with van der Waals surface area (Å²) in [7, 11) is 0. The Morgan fingerprint density at radius 1 is 1.40 bits per heavy atom. The van der Waals surface area contributed by atoms with E-state index in [4.69, 9.17) is 0 Å². The topological polar surface area (TPSA) is 42.7 Å². The number of imidazole rings is 1. The van der Waals surface area contributed by atoms with Crippen LogP contribution in [0.2, 0.25) is 0 Å². The van der Waals surface area contributed by atoms with Crippen LogP contribution in [-0.4, -0.2) is 21.1 Å². The predicted molar refractivity (Wildman–Crippen MR) is 59.7 cm³/mol. The van der Waals surface area contributed by atoms with Gasteiger partial charge in [-0.05, 0) is 19.1 Å². The zero-order chi connectivity index (χ0) is 10.5. The number of rotatable bonds is 4. The third kappa shape index (κ3) is 2.80. The lowest BCUT2D eigenvalue weighted by Gasteiger charge is -2.06. The molecule has 4 heteroatoms. The number of hydrogen-bond donors (Lipinski definition) is 1. The van der Waals surface area contributed by atoms with Crippen LogP contribution in [0.25, 0.3) is 0 Å². The normalized spacial score (nSPS) is 10.2. The molecule has 2 aromatic rings. The summed E-state index contributed by atoms with van der Waals surface area (Å²) >= 11 is 0. The van der Waals surface area contributed by atoms with Crippen LogP contribution in [0.15, 0.2) is 37.1 Å². The molecular weight excluding hydrogens is 188 g/mol. The highest BCUT2D eigenvalue weighted by Gasteiger charge is 1.93. The second-order valence-corrected chi connectivity index (χ2v) is 3.41. The standard InChI is InChI=1S/C11H14N4/c1-10-8-11(2-3-13-10)14-5-7-15-6-4-12-9-15/h2-4,6,8-9H,5,7H2,1H3,(H,13,14). The molecule has 1 N–H and O–H groups in total. The molecule has 0 aliphatic heterocycles. The quantitative estimate of drug-likeness (QED) is 0.820. The Balaban J connectivity index is 1.83. The van der Waals surface area contributed by atoms with Crippen molar-refractivity contribution in [3.05, 3.63) is 42.7 Å². The van der Waals surface area contributed by atoms with Crippen molar-refractivity contribution in [3.8, 4) is 0 Å². The molecule has 0 aliphatic carbocycles. The fraction of sp³-hybridized carbons (Fsp3) is 0.273. The molecule has 0 saturated carbocycles. The first-order valence-electron chi connectivity index (χ1n) is 4.97. The van der Waals surface area contributed by atoms with Gasteiger partial charge >= 0.3 is 0 Å². The maximum atomic E-state index is 4.14. The Labute approximate surface area is 89.0 Å². The van der Waals surface area contributed by atoms with Crippen LogP contribution in [0.4, 0.5) is 5.69 Å². The van der Waals surface area contributed by atoms with Gasteiger partial charge in [0.25, 0.3) is 0 Å². The van der Waals surface area contributed by atoms with Gasteiger partial charge in [0, 0.05) is 43.1 Å². The Bertz CT molecular complexity index is 408. The molecule has 0 bridgehead atoms. The zero-order valence-corrected chi connectivity index (χ0v) is 8.72. The number of aryl methyl sites for hydroxylation is 1. The van der Waals surface area contributed by atoms with Crippen molar-refractivity contribution in [2.45, 2.75) is 13.5 Å². The summed E-state index contributed by atoms with van der Waals surface area (Å²) < 4.78 is 2.04. The van der Waals surface area contributed by atoms with E-state index in [1.165, 1.54) is 0 Å². The first-order valence-corrected chi connectivity index (χ1v) is 4.97. The summed E-state index contributed by atoms with van der Waals surface area (Å²) in [4.78, 5) is 8.13. The van der Waals surface area contributed by atoms with E-state index in [1.54, 1.807) is 6.20 Å². The van der Waals surface area contributed by atoms with Crippen LogP contribution >= 0.6 is 0 Å². The lowest BCUT2D eigenvalue weighted by Crippen LogP contribution is -2.09. The molecule has 0 saturated heterocycles. The first-order chi connectivity index (χ1) is 7.34. The number of nitrogens with one attached hydrogen (secondary N) is 1. The van der Waals surface area contributed by atoms with E-state index >= 15 is 0 Å². The van der Waals surface area contributed by atoms with Gasteiger partial charge in [0.05, 0.1) is 6.33 Å². The third-order valence-electron chi connectivity index (χ3n) is 2.15. The van der Waals surface area contributed by atoms with Crippen molar-refractivity contribution in [2.75, 3.05) is 11.9 Å². The number of hydrogen-bond acceptors (Lipinski definition) is 3. The summed E-state index contributed by atoms with van der Waals surface area (Å²) in [5, 5.41) is 3.34. The highest BCUT2D eigenvalue weighted by Crippen LogP contribution is 2.06. The van der Waals surface area contributed by atoms with Crippen LogP contribution in [-0.2, 0) is 6.54 Å². The van der Waals surface area contributed by atoms with Crippen molar-refractivity contribution < 1.29 is 0 Å². The lowest BCUT2D eigenvalue weighted by atomic mass is 10.3. The second-order valence-electron chi connectivity index (χ2n) is 3.41. The summed E-state index contributed by atoms with van der Waals surface area (Å²) in [5.41, 5.74) is 2.14. The van der Waals surface area contributed by atoms with Crippen LogP contribution in [0, 0.1) is 6.92 Å². The van der Waals surface area contributed by atoms with Gasteiger partial charge in [-0.25, -0.2) is 4.98 Å². The molecule has 0 spiro atoms. The highest BCUT2D eigenvalue weighted by atomic mass is 15.0. The summed E-state index contributed by atoms with van der Waals surface area (Å²) in [6.07, 6.45) is 7.38. The van der Waals surface area contributed by atoms with Crippen molar-refractivity contribution >= 4 is 5.69 Å². The number of pyridine rings is 1. The molecule has 0 radical (unpaired) electrons. The fourth-order valence-corrected chi connectivity index (χ4v) is 1.40. The van der Waals surface area contributed by atoms with Crippen LogP contribution in [0.3, 0.4) is 0 Å². The van der Waals surface area contributed by atoms with Gasteiger partial charge in [-0.3, -0.25) is 4.98 Å². The Morgan fingerprint density at radius 3 is 3.07 bits per heavy atom. The van der Waals surface area contributed by atoms with Gasteiger partial charge in [-0.15, -0.1) is 0 Å². The molecular formula is C11H14N4. The fourth-order valence-electron chi connectivity index (χ4n) is 1.40. The molecule has 0 atom stereocenters. The van der Waals surface area contributed by atoms with Crippen molar-refractivity contribution in [1.29, 1.82) is 0 Å². The Kier molecular flexibility index (Phi) is 2.97. The van der Waals surface area contributed by atoms with E-state index in [-0.39, 0.29) is 0 Å².